The summed E-state index contributed by atoms with van der Waals surface area (Å²) in [7, 11) is -3.99. The fourth-order valence-electron chi connectivity index (χ4n) is 6.59. The summed E-state index contributed by atoms with van der Waals surface area (Å²) < 4.78 is 0. The lowest BCUT2D eigenvalue weighted by atomic mass is 10.2. The number of hydrogen-bond acceptors (Lipinski definition) is 1. The van der Waals surface area contributed by atoms with Crippen LogP contribution in [-0.2, 0) is 0 Å². The molecule has 0 atom stereocenters. The maximum Gasteiger partial charge on any atom is 0.112 e. The number of rotatable bonds is 12. The van der Waals surface area contributed by atoms with Crippen LogP contribution in [-0.4, -0.2) is 23.5 Å². The Balaban J connectivity index is 0.00000240. The zero-order valence-electron chi connectivity index (χ0n) is 25.8. The second kappa shape index (κ2) is 17.0. The highest BCUT2D eigenvalue weighted by Gasteiger charge is 2.47. The number of aliphatic hydroxyl groups is 1. The van der Waals surface area contributed by atoms with E-state index in [2.05, 4.69) is 182 Å². The molecular formula is C41H40Cl2OP2. The summed E-state index contributed by atoms with van der Waals surface area (Å²) in [5.74, 6) is 0. The quantitative estimate of drug-likeness (QED) is 0.192. The molecule has 0 fully saturated rings. The highest BCUT2D eigenvalue weighted by molar-refractivity contribution is 7.96. The van der Waals surface area contributed by atoms with Gasteiger partial charge in [-0.2, -0.15) is 0 Å². The summed E-state index contributed by atoms with van der Waals surface area (Å²) in [6.07, 6.45) is 2.90. The minimum absolute atomic E-state index is 0. The minimum atomic E-state index is -2.00. The first-order valence-electron chi connectivity index (χ1n) is 15.5. The van der Waals surface area contributed by atoms with Crippen molar-refractivity contribution in [2.45, 2.75) is 18.9 Å². The molecule has 0 unspecified atom stereocenters. The van der Waals surface area contributed by atoms with Gasteiger partial charge in [-0.3, -0.25) is 0 Å². The average Bonchev–Trinajstić information content (AvgIpc) is 3.12. The van der Waals surface area contributed by atoms with E-state index in [9.17, 15) is 5.11 Å². The lowest BCUT2D eigenvalue weighted by molar-refractivity contribution is -0.001000. The van der Waals surface area contributed by atoms with E-state index in [0.717, 1.165) is 25.2 Å². The molecule has 0 heterocycles. The van der Waals surface area contributed by atoms with Gasteiger partial charge in [0.1, 0.15) is 46.4 Å². The smallest absolute Gasteiger partial charge is 0.112 e. The molecule has 0 amide bonds. The summed E-state index contributed by atoms with van der Waals surface area (Å²) in [5.41, 5.74) is 0. The topological polar surface area (TPSA) is 20.2 Å². The van der Waals surface area contributed by atoms with Crippen LogP contribution in [0.4, 0.5) is 0 Å². The van der Waals surface area contributed by atoms with E-state index in [1.165, 1.54) is 31.8 Å². The van der Waals surface area contributed by atoms with Gasteiger partial charge in [-0.1, -0.05) is 109 Å². The van der Waals surface area contributed by atoms with Crippen LogP contribution < -0.4 is 56.6 Å². The molecule has 46 heavy (non-hydrogen) atoms. The Labute approximate surface area is 288 Å². The van der Waals surface area contributed by atoms with Crippen LogP contribution in [0.5, 0.6) is 0 Å². The molecule has 6 aromatic carbocycles. The molecule has 234 valence electrons. The number of benzene rings is 6. The zero-order chi connectivity index (χ0) is 30.1. The normalized spacial score (nSPS) is 11.3. The Morgan fingerprint density at radius 2 is 0.500 bits per heavy atom. The van der Waals surface area contributed by atoms with Gasteiger partial charge in [0.15, 0.2) is 0 Å². The molecule has 0 aromatic heterocycles. The number of aliphatic hydroxyl groups excluding tert-OH is 1. The summed E-state index contributed by atoms with van der Waals surface area (Å²) in [6.45, 7) is 0. The van der Waals surface area contributed by atoms with Gasteiger partial charge in [-0.15, -0.1) is 0 Å². The fraction of sp³-hybridized carbons (Fsp3) is 0.122. The molecule has 1 nitrogen and oxygen atoms in total. The average molecular weight is 682 g/mol. The molecular weight excluding hydrogens is 641 g/mol. The third kappa shape index (κ3) is 7.47. The lowest BCUT2D eigenvalue weighted by Gasteiger charge is -2.30. The van der Waals surface area contributed by atoms with E-state index in [1.54, 1.807) is 0 Å². The van der Waals surface area contributed by atoms with Gasteiger partial charge >= 0.3 is 0 Å². The Bertz CT molecular complexity index is 1380. The minimum Gasteiger partial charge on any atom is -1.00 e. The van der Waals surface area contributed by atoms with Gasteiger partial charge in [0.2, 0.25) is 0 Å². The van der Waals surface area contributed by atoms with Crippen molar-refractivity contribution >= 4 is 46.4 Å². The van der Waals surface area contributed by atoms with E-state index in [-0.39, 0.29) is 24.8 Å². The molecule has 6 rings (SSSR count). The molecule has 0 radical (unpaired) electrons. The first-order valence-corrected chi connectivity index (χ1v) is 19.5. The second-order valence-electron chi connectivity index (χ2n) is 11.3. The molecule has 0 saturated carbocycles. The molecule has 0 aliphatic rings. The Morgan fingerprint density at radius 3 is 0.674 bits per heavy atom. The molecule has 0 aliphatic heterocycles. The van der Waals surface area contributed by atoms with Crippen molar-refractivity contribution < 1.29 is 29.9 Å². The Morgan fingerprint density at radius 1 is 0.326 bits per heavy atom. The van der Waals surface area contributed by atoms with Gasteiger partial charge < -0.3 is 29.9 Å². The van der Waals surface area contributed by atoms with Crippen LogP contribution in [0.25, 0.3) is 0 Å². The van der Waals surface area contributed by atoms with E-state index < -0.39 is 20.6 Å². The summed E-state index contributed by atoms with van der Waals surface area (Å²) in [5, 5.41) is 20.1. The number of hydrogen-bond donors (Lipinski definition) is 1. The van der Waals surface area contributed by atoms with Gasteiger partial charge in [-0.25, -0.2) is 0 Å². The molecule has 0 bridgehead atoms. The largest absolute Gasteiger partial charge is 1.00 e. The molecule has 0 aliphatic carbocycles. The maximum absolute atomic E-state index is 11.9. The first-order chi connectivity index (χ1) is 21.7. The van der Waals surface area contributed by atoms with Gasteiger partial charge in [0, 0.05) is 12.8 Å². The standard InChI is InChI=1S/C41H40OP2.2ClH/c42-35(31-33-43(36-19-7-1-8-20-36,37-21-9-2-10-22-37)38-23-11-3-12-24-38)32-34-44(39-25-13-4-14-26-39,40-27-15-5-16-28-40)41-29-17-6-18-30-41;;/h1-30,35,42H,31-34H2;2*1H/q+2;;/p-2. The van der Waals surface area contributed by atoms with Crippen LogP contribution in [0.1, 0.15) is 12.8 Å². The van der Waals surface area contributed by atoms with Gasteiger partial charge in [-0.05, 0) is 72.8 Å². The van der Waals surface area contributed by atoms with Gasteiger partial charge in [0.25, 0.3) is 0 Å². The van der Waals surface area contributed by atoms with Crippen molar-refractivity contribution in [1.29, 1.82) is 0 Å². The molecule has 6 aromatic rings. The third-order valence-corrected chi connectivity index (χ3v) is 17.7. The molecule has 0 saturated heterocycles. The fourth-order valence-corrected chi connectivity index (χ4v) is 15.4. The van der Waals surface area contributed by atoms with Crippen molar-refractivity contribution in [1.82, 2.24) is 0 Å². The van der Waals surface area contributed by atoms with Crippen LogP contribution in [0.2, 0.25) is 0 Å². The second-order valence-corrected chi connectivity index (χ2v) is 18.5. The van der Waals surface area contributed by atoms with Crippen LogP contribution in [0.15, 0.2) is 182 Å². The molecule has 5 heteroatoms. The predicted octanol–water partition coefficient (Wildman–Crippen LogP) is 1.12. The maximum atomic E-state index is 11.9. The van der Waals surface area contributed by atoms with E-state index >= 15 is 0 Å². The summed E-state index contributed by atoms with van der Waals surface area (Å²) >= 11 is 0. The van der Waals surface area contributed by atoms with E-state index in [1.807, 2.05) is 0 Å². The van der Waals surface area contributed by atoms with Crippen LogP contribution >= 0.6 is 14.5 Å². The van der Waals surface area contributed by atoms with Gasteiger partial charge in [0.05, 0.1) is 18.4 Å². The Hall–Kier alpha value is -3.28. The Kier molecular flexibility index (Phi) is 13.2. The summed E-state index contributed by atoms with van der Waals surface area (Å²) in [4.78, 5) is 0. The predicted molar refractivity (Wildman–Crippen MR) is 195 cm³/mol. The van der Waals surface area contributed by atoms with Crippen molar-refractivity contribution in [3.63, 3.8) is 0 Å². The highest BCUT2D eigenvalue weighted by Crippen LogP contribution is 2.58. The van der Waals surface area contributed by atoms with Crippen molar-refractivity contribution in [3.05, 3.63) is 182 Å². The lowest BCUT2D eigenvalue weighted by Crippen LogP contribution is -3.00. The SMILES string of the molecule is OC(CC[P+](c1ccccc1)(c1ccccc1)c1ccccc1)CC[P+](c1ccccc1)(c1ccccc1)c1ccccc1.[Cl-].[Cl-]. The molecule has 0 spiro atoms. The van der Waals surface area contributed by atoms with Crippen LogP contribution in [0.3, 0.4) is 0 Å². The third-order valence-electron chi connectivity index (χ3n) is 8.78. The van der Waals surface area contributed by atoms with Crippen molar-refractivity contribution in [3.8, 4) is 0 Å². The molecule has 1 N–H and O–H groups in total. The van der Waals surface area contributed by atoms with Crippen LogP contribution in [0, 0.1) is 0 Å². The van der Waals surface area contributed by atoms with E-state index in [0.29, 0.717) is 0 Å². The monoisotopic (exact) mass is 680 g/mol. The van der Waals surface area contributed by atoms with E-state index in [4.69, 9.17) is 0 Å². The zero-order valence-corrected chi connectivity index (χ0v) is 29.1. The number of halogens is 2. The summed E-state index contributed by atoms with van der Waals surface area (Å²) in [6, 6.07) is 66.0. The van der Waals surface area contributed by atoms with Crippen molar-refractivity contribution in [2.75, 3.05) is 12.3 Å². The first kappa shape index (κ1) is 35.6. The highest BCUT2D eigenvalue weighted by atomic mass is 35.5. The van der Waals surface area contributed by atoms with Crippen molar-refractivity contribution in [2.24, 2.45) is 0 Å².